The molecule has 1 N–H and O–H groups in total. The fourth-order valence-electron chi connectivity index (χ4n) is 3.19. The molecule has 4 rings (SSSR count). The predicted molar refractivity (Wildman–Crippen MR) is 100 cm³/mol. The smallest absolute Gasteiger partial charge is 0.230 e. The number of hydrogen-bond acceptors (Lipinski definition) is 6. The molecule has 0 aromatic carbocycles. The number of thioether (sulfide) groups is 1. The maximum atomic E-state index is 12.3. The second kappa shape index (κ2) is 6.80. The number of carbonyl (C=O) groups is 1. The van der Waals surface area contributed by atoms with E-state index >= 15 is 0 Å². The maximum Gasteiger partial charge on any atom is 0.230 e. The van der Waals surface area contributed by atoms with Crippen molar-refractivity contribution in [1.29, 1.82) is 0 Å². The molecule has 3 heterocycles. The van der Waals surface area contributed by atoms with Gasteiger partial charge in [0.25, 0.3) is 0 Å². The number of furan rings is 1. The Bertz CT molecular complexity index is 918. The van der Waals surface area contributed by atoms with E-state index in [1.807, 2.05) is 26.0 Å². The van der Waals surface area contributed by atoms with Crippen LogP contribution < -0.4 is 5.32 Å². The summed E-state index contributed by atoms with van der Waals surface area (Å²) in [6.07, 6.45) is 5.05. The molecule has 0 spiro atoms. The van der Waals surface area contributed by atoms with Gasteiger partial charge in [-0.15, -0.1) is 11.3 Å². The highest BCUT2D eigenvalue weighted by Crippen LogP contribution is 2.40. The normalized spacial score (nSPS) is 14.6. The van der Waals surface area contributed by atoms with Crippen LogP contribution in [0.2, 0.25) is 0 Å². The van der Waals surface area contributed by atoms with E-state index in [0.717, 1.165) is 34.3 Å². The fourth-order valence-corrected chi connectivity index (χ4v) is 5.48. The number of fused-ring (bicyclic) bond motifs is 3. The molecule has 3 aromatic rings. The average molecular weight is 374 g/mol. The van der Waals surface area contributed by atoms with Gasteiger partial charge < -0.3 is 9.73 Å². The summed E-state index contributed by atoms with van der Waals surface area (Å²) in [5.41, 5.74) is 1.40. The Kier molecular flexibility index (Phi) is 4.52. The molecule has 1 aliphatic carbocycles. The summed E-state index contributed by atoms with van der Waals surface area (Å²) in [6, 6.07) is 3.55. The van der Waals surface area contributed by atoms with Crippen LogP contribution in [0.1, 0.15) is 41.4 Å². The molecule has 5 nitrogen and oxygen atoms in total. The third-order valence-electron chi connectivity index (χ3n) is 4.33. The molecule has 25 heavy (non-hydrogen) atoms. The first-order valence-electron chi connectivity index (χ1n) is 8.36. The molecule has 0 saturated heterocycles. The van der Waals surface area contributed by atoms with Crippen molar-refractivity contribution in [3.8, 4) is 0 Å². The quantitative estimate of drug-likeness (QED) is 0.540. The third kappa shape index (κ3) is 3.30. The number of nitrogens with one attached hydrogen (secondary N) is 1. The van der Waals surface area contributed by atoms with Gasteiger partial charge in [0.15, 0.2) is 0 Å². The Labute approximate surface area is 154 Å². The molecule has 1 aliphatic rings. The zero-order valence-corrected chi connectivity index (χ0v) is 15.8. The highest BCUT2D eigenvalue weighted by atomic mass is 32.2. The Morgan fingerprint density at radius 1 is 1.44 bits per heavy atom. The van der Waals surface area contributed by atoms with E-state index in [1.54, 1.807) is 17.6 Å². The van der Waals surface area contributed by atoms with E-state index in [0.29, 0.717) is 5.75 Å². The molecular formula is C18H19N3O2S2. The first-order chi connectivity index (χ1) is 12.1. The van der Waals surface area contributed by atoms with Crippen LogP contribution >= 0.6 is 23.1 Å². The van der Waals surface area contributed by atoms with Crippen LogP contribution in [0.15, 0.2) is 27.8 Å². The Hall–Kier alpha value is -1.86. The van der Waals surface area contributed by atoms with E-state index in [-0.39, 0.29) is 11.9 Å². The predicted octanol–water partition coefficient (Wildman–Crippen LogP) is 4.05. The third-order valence-corrected chi connectivity index (χ3v) is 6.49. The number of aromatic nitrogens is 2. The standard InChI is InChI=1S/C18H19N3O2S2/c1-10(13-6-4-8-23-13)19-15(22)9-24-17-16-12-5-3-7-14(12)25-18(16)21-11(2)20-17/h4,6,8,10H,3,5,7,9H2,1-2H3,(H,19,22). The second-order valence-electron chi connectivity index (χ2n) is 6.21. The van der Waals surface area contributed by atoms with Crippen molar-refractivity contribution in [2.24, 2.45) is 0 Å². The van der Waals surface area contributed by atoms with Crippen molar-refractivity contribution >= 4 is 39.2 Å². The minimum atomic E-state index is -0.138. The van der Waals surface area contributed by atoms with Crippen molar-refractivity contribution in [2.45, 2.75) is 44.2 Å². The molecule has 1 amide bonds. The van der Waals surface area contributed by atoms with Gasteiger partial charge in [-0.2, -0.15) is 0 Å². The first kappa shape index (κ1) is 16.6. The number of amides is 1. The Morgan fingerprint density at radius 2 is 2.32 bits per heavy atom. The van der Waals surface area contributed by atoms with Crippen LogP contribution in [0.3, 0.4) is 0 Å². The minimum absolute atomic E-state index is 0.0230. The monoisotopic (exact) mass is 373 g/mol. The van der Waals surface area contributed by atoms with Crippen molar-refractivity contribution in [3.63, 3.8) is 0 Å². The zero-order chi connectivity index (χ0) is 17.4. The first-order valence-corrected chi connectivity index (χ1v) is 10.2. The second-order valence-corrected chi connectivity index (χ2v) is 8.25. The van der Waals surface area contributed by atoms with E-state index < -0.39 is 0 Å². The number of hydrogen-bond donors (Lipinski definition) is 1. The Balaban J connectivity index is 1.50. The number of rotatable bonds is 5. The van der Waals surface area contributed by atoms with Crippen molar-refractivity contribution in [3.05, 3.63) is 40.4 Å². The average Bonchev–Trinajstić information content (AvgIpc) is 3.28. The number of thiophene rings is 1. The van der Waals surface area contributed by atoms with Crippen molar-refractivity contribution in [2.75, 3.05) is 5.75 Å². The lowest BCUT2D eigenvalue weighted by Crippen LogP contribution is -2.27. The van der Waals surface area contributed by atoms with Crippen LogP contribution in [-0.2, 0) is 17.6 Å². The van der Waals surface area contributed by atoms with Gasteiger partial charge in [0, 0.05) is 10.3 Å². The summed E-state index contributed by atoms with van der Waals surface area (Å²) in [4.78, 5) is 24.0. The topological polar surface area (TPSA) is 68.0 Å². The lowest BCUT2D eigenvalue weighted by atomic mass is 10.2. The summed E-state index contributed by atoms with van der Waals surface area (Å²) in [6.45, 7) is 3.83. The van der Waals surface area contributed by atoms with Gasteiger partial charge >= 0.3 is 0 Å². The number of nitrogens with zero attached hydrogens (tertiary/aromatic N) is 2. The maximum absolute atomic E-state index is 12.3. The van der Waals surface area contributed by atoms with Crippen LogP contribution in [0.25, 0.3) is 10.2 Å². The van der Waals surface area contributed by atoms with Crippen LogP contribution in [0.4, 0.5) is 0 Å². The summed E-state index contributed by atoms with van der Waals surface area (Å²) >= 11 is 3.28. The van der Waals surface area contributed by atoms with E-state index in [2.05, 4.69) is 15.3 Å². The van der Waals surface area contributed by atoms with E-state index in [9.17, 15) is 4.79 Å². The highest BCUT2D eigenvalue weighted by molar-refractivity contribution is 8.00. The van der Waals surface area contributed by atoms with Gasteiger partial charge in [-0.1, -0.05) is 11.8 Å². The molecule has 130 valence electrons. The molecular weight excluding hydrogens is 354 g/mol. The SMILES string of the molecule is Cc1nc(SCC(=O)NC(C)c2ccco2)c2c3c(sc2n1)CCC3. The fraction of sp³-hybridized carbons (Fsp3) is 0.389. The van der Waals surface area contributed by atoms with Gasteiger partial charge in [-0.05, 0) is 50.8 Å². The van der Waals surface area contributed by atoms with Crippen LogP contribution in [0.5, 0.6) is 0 Å². The zero-order valence-electron chi connectivity index (χ0n) is 14.2. The van der Waals surface area contributed by atoms with E-state index in [1.165, 1.54) is 34.0 Å². The Morgan fingerprint density at radius 3 is 3.12 bits per heavy atom. The lowest BCUT2D eigenvalue weighted by molar-refractivity contribution is -0.119. The van der Waals surface area contributed by atoms with Gasteiger partial charge in [0.2, 0.25) is 5.91 Å². The van der Waals surface area contributed by atoms with Gasteiger partial charge in [0.05, 0.1) is 18.1 Å². The van der Waals surface area contributed by atoms with Crippen molar-refractivity contribution < 1.29 is 9.21 Å². The largest absolute Gasteiger partial charge is 0.467 e. The molecule has 0 radical (unpaired) electrons. The molecule has 3 aromatic heterocycles. The molecule has 0 saturated carbocycles. The van der Waals surface area contributed by atoms with Gasteiger partial charge in [0.1, 0.15) is 21.4 Å². The molecule has 1 atom stereocenters. The molecule has 7 heteroatoms. The summed E-state index contributed by atoms with van der Waals surface area (Å²) < 4.78 is 5.33. The van der Waals surface area contributed by atoms with Gasteiger partial charge in [-0.3, -0.25) is 4.79 Å². The molecule has 0 bridgehead atoms. The van der Waals surface area contributed by atoms with Crippen molar-refractivity contribution in [1.82, 2.24) is 15.3 Å². The van der Waals surface area contributed by atoms with Crippen LogP contribution in [0, 0.1) is 6.92 Å². The summed E-state index contributed by atoms with van der Waals surface area (Å²) in [7, 11) is 0. The minimum Gasteiger partial charge on any atom is -0.467 e. The number of aryl methyl sites for hydroxylation is 3. The highest BCUT2D eigenvalue weighted by Gasteiger charge is 2.22. The molecule has 0 aliphatic heterocycles. The summed E-state index contributed by atoms with van der Waals surface area (Å²) in [5, 5.41) is 5.07. The molecule has 0 fully saturated rings. The number of carbonyl (C=O) groups excluding carboxylic acids is 1. The molecule has 1 unspecified atom stereocenters. The summed E-state index contributed by atoms with van der Waals surface area (Å²) in [5.74, 6) is 1.83. The van der Waals surface area contributed by atoms with Crippen LogP contribution in [-0.4, -0.2) is 21.6 Å². The van der Waals surface area contributed by atoms with E-state index in [4.69, 9.17) is 4.42 Å². The van der Waals surface area contributed by atoms with Gasteiger partial charge in [-0.25, -0.2) is 9.97 Å². The lowest BCUT2D eigenvalue weighted by Gasteiger charge is -2.11.